The molecule has 1 aliphatic carbocycles. The normalized spacial score (nSPS) is 19.5. The zero-order valence-electron chi connectivity index (χ0n) is 16.5. The van der Waals surface area contributed by atoms with E-state index < -0.39 is 0 Å². The summed E-state index contributed by atoms with van der Waals surface area (Å²) in [6.07, 6.45) is 9.13. The number of aromatic nitrogens is 2. The Hall–Kier alpha value is -1.69. The molecule has 1 atom stereocenters. The maximum absolute atomic E-state index is 9.57. The first-order chi connectivity index (χ1) is 14.2. The summed E-state index contributed by atoms with van der Waals surface area (Å²) < 4.78 is 0. The van der Waals surface area contributed by atoms with Crippen molar-refractivity contribution in [3.63, 3.8) is 0 Å². The van der Waals surface area contributed by atoms with Crippen LogP contribution in [0.4, 0.5) is 5.82 Å². The van der Waals surface area contributed by atoms with E-state index >= 15 is 0 Å². The Labute approximate surface area is 180 Å². The van der Waals surface area contributed by atoms with E-state index in [-0.39, 0.29) is 6.61 Å². The molecule has 0 bridgehead atoms. The second-order valence-corrected chi connectivity index (χ2v) is 9.39. The second kappa shape index (κ2) is 8.21. The van der Waals surface area contributed by atoms with Crippen LogP contribution in [0.25, 0.3) is 21.3 Å². The van der Waals surface area contributed by atoms with Crippen LogP contribution in [0.2, 0.25) is 5.28 Å². The van der Waals surface area contributed by atoms with Crippen molar-refractivity contribution in [2.45, 2.75) is 57.4 Å². The molecule has 0 saturated carbocycles. The minimum atomic E-state index is 0.199. The smallest absolute Gasteiger partial charge is 0.225 e. The Morgan fingerprint density at radius 3 is 2.83 bits per heavy atom. The molecule has 3 heterocycles. The maximum Gasteiger partial charge on any atom is 0.225 e. The van der Waals surface area contributed by atoms with Gasteiger partial charge in [0.1, 0.15) is 10.6 Å². The molecule has 29 heavy (non-hydrogen) atoms. The number of thiophene rings is 1. The topological polar surface area (TPSA) is 49.2 Å². The highest BCUT2D eigenvalue weighted by molar-refractivity contribution is 7.17. The van der Waals surface area contributed by atoms with Gasteiger partial charge in [0.05, 0.1) is 5.39 Å². The number of hydrogen-bond acceptors (Lipinski definition) is 5. The van der Waals surface area contributed by atoms with Crippen molar-refractivity contribution in [2.24, 2.45) is 0 Å². The van der Waals surface area contributed by atoms with E-state index in [0.29, 0.717) is 11.3 Å². The number of aliphatic hydroxyl groups is 1. The van der Waals surface area contributed by atoms with Gasteiger partial charge < -0.3 is 10.0 Å². The Kier molecular flexibility index (Phi) is 5.46. The van der Waals surface area contributed by atoms with Gasteiger partial charge in [-0.15, -0.1) is 11.3 Å². The lowest BCUT2D eigenvalue weighted by Crippen LogP contribution is -2.40. The third kappa shape index (κ3) is 3.65. The van der Waals surface area contributed by atoms with E-state index in [1.54, 1.807) is 11.3 Å². The Balaban J connectivity index is 1.64. The van der Waals surface area contributed by atoms with Gasteiger partial charge in [-0.2, -0.15) is 4.98 Å². The average molecular weight is 428 g/mol. The highest BCUT2D eigenvalue weighted by Crippen LogP contribution is 2.41. The summed E-state index contributed by atoms with van der Waals surface area (Å²) in [7, 11) is 0. The van der Waals surface area contributed by atoms with Crippen LogP contribution in [0, 0.1) is 0 Å². The van der Waals surface area contributed by atoms with Crippen LogP contribution in [0.1, 0.15) is 49.7 Å². The zero-order valence-corrected chi connectivity index (χ0v) is 18.1. The fourth-order valence-corrected chi connectivity index (χ4v) is 6.10. The van der Waals surface area contributed by atoms with Crippen molar-refractivity contribution in [1.82, 2.24) is 9.97 Å². The van der Waals surface area contributed by atoms with Gasteiger partial charge in [-0.05, 0) is 79.7 Å². The van der Waals surface area contributed by atoms with E-state index in [0.717, 1.165) is 41.8 Å². The van der Waals surface area contributed by atoms with Crippen LogP contribution in [0.15, 0.2) is 23.6 Å². The molecule has 152 valence electrons. The molecule has 1 aromatic carbocycles. The fraction of sp³-hybridized carbons (Fsp3) is 0.478. The van der Waals surface area contributed by atoms with Crippen LogP contribution in [0.5, 0.6) is 0 Å². The molecule has 2 aromatic heterocycles. The van der Waals surface area contributed by atoms with Gasteiger partial charge >= 0.3 is 0 Å². The quantitative estimate of drug-likeness (QED) is 0.548. The third-order valence-corrected chi connectivity index (χ3v) is 7.45. The summed E-state index contributed by atoms with van der Waals surface area (Å²) in [6, 6.07) is 7.24. The average Bonchev–Trinajstić information content (AvgIpc) is 3.17. The summed E-state index contributed by atoms with van der Waals surface area (Å²) in [4.78, 5) is 12.6. The lowest BCUT2D eigenvalue weighted by atomic mass is 9.89. The maximum atomic E-state index is 9.57. The molecule has 1 saturated heterocycles. The van der Waals surface area contributed by atoms with Crippen LogP contribution in [-0.4, -0.2) is 34.3 Å². The highest BCUT2D eigenvalue weighted by Gasteiger charge is 2.27. The molecule has 1 unspecified atom stereocenters. The summed E-state index contributed by atoms with van der Waals surface area (Å²) in [5.41, 5.74) is 5.44. The zero-order chi connectivity index (χ0) is 19.8. The SMILES string of the molecule is OCCC1CCCCN1c1nc(Cl)nc2scc(-c3ccc4c(c3)CCCC4)c12. The number of hydrogen-bond donors (Lipinski definition) is 1. The Bertz CT molecular complexity index is 1030. The van der Waals surface area contributed by atoms with E-state index in [1.807, 2.05) is 0 Å². The number of aryl methyl sites for hydroxylation is 2. The van der Waals surface area contributed by atoms with Gasteiger partial charge in [0.15, 0.2) is 0 Å². The number of fused-ring (bicyclic) bond motifs is 2. The molecule has 1 N–H and O–H groups in total. The number of halogens is 1. The minimum Gasteiger partial charge on any atom is -0.396 e. The summed E-state index contributed by atoms with van der Waals surface area (Å²) in [5, 5.41) is 13.2. The Morgan fingerprint density at radius 1 is 1.10 bits per heavy atom. The van der Waals surface area contributed by atoms with Crippen molar-refractivity contribution in [2.75, 3.05) is 18.1 Å². The lowest BCUT2D eigenvalue weighted by molar-refractivity contribution is 0.262. The van der Waals surface area contributed by atoms with Crippen molar-refractivity contribution in [1.29, 1.82) is 0 Å². The number of benzene rings is 1. The highest BCUT2D eigenvalue weighted by atomic mass is 35.5. The number of piperidine rings is 1. The first-order valence-electron chi connectivity index (χ1n) is 10.7. The molecule has 1 aliphatic heterocycles. The van der Waals surface area contributed by atoms with Crippen LogP contribution >= 0.6 is 22.9 Å². The van der Waals surface area contributed by atoms with E-state index in [4.69, 9.17) is 16.6 Å². The number of aliphatic hydroxyl groups excluding tert-OH is 1. The molecule has 1 fully saturated rings. The molecular formula is C23H26ClN3OS. The van der Waals surface area contributed by atoms with Gasteiger partial charge in [-0.1, -0.05) is 18.2 Å². The van der Waals surface area contributed by atoms with Gasteiger partial charge in [0, 0.05) is 30.1 Å². The third-order valence-electron chi connectivity index (χ3n) is 6.41. The standard InChI is InChI=1S/C23H26ClN3OS/c24-23-25-21(27-11-4-3-7-18(27)10-12-28)20-19(14-29-22(20)26-23)17-9-8-15-5-1-2-6-16(15)13-17/h8-9,13-14,18,28H,1-7,10-12H2. The second-order valence-electron chi connectivity index (χ2n) is 8.19. The van der Waals surface area contributed by atoms with Crippen LogP contribution in [-0.2, 0) is 12.8 Å². The largest absolute Gasteiger partial charge is 0.396 e. The number of rotatable bonds is 4. The molecule has 0 amide bonds. The lowest BCUT2D eigenvalue weighted by Gasteiger charge is -2.37. The van der Waals surface area contributed by atoms with Crippen molar-refractivity contribution in [3.8, 4) is 11.1 Å². The summed E-state index contributed by atoms with van der Waals surface area (Å²) >= 11 is 7.97. The monoisotopic (exact) mass is 427 g/mol. The Morgan fingerprint density at radius 2 is 1.97 bits per heavy atom. The van der Waals surface area contributed by atoms with E-state index in [2.05, 4.69) is 33.5 Å². The van der Waals surface area contributed by atoms with Crippen LogP contribution < -0.4 is 4.90 Å². The van der Waals surface area contributed by atoms with Crippen molar-refractivity contribution >= 4 is 39.0 Å². The molecule has 3 aromatic rings. The van der Waals surface area contributed by atoms with Gasteiger partial charge in [-0.25, -0.2) is 4.98 Å². The molecule has 5 rings (SSSR count). The molecule has 2 aliphatic rings. The number of anilines is 1. The van der Waals surface area contributed by atoms with E-state index in [1.165, 1.54) is 54.4 Å². The molecule has 0 spiro atoms. The molecule has 4 nitrogen and oxygen atoms in total. The number of nitrogens with zero attached hydrogens (tertiary/aromatic N) is 3. The summed E-state index contributed by atoms with van der Waals surface area (Å²) in [5.74, 6) is 0.937. The van der Waals surface area contributed by atoms with Crippen molar-refractivity contribution in [3.05, 3.63) is 40.0 Å². The van der Waals surface area contributed by atoms with Crippen molar-refractivity contribution < 1.29 is 5.11 Å². The van der Waals surface area contributed by atoms with Gasteiger partial charge in [0.2, 0.25) is 5.28 Å². The van der Waals surface area contributed by atoms with Gasteiger partial charge in [0.25, 0.3) is 0 Å². The first kappa shape index (κ1) is 19.3. The minimum absolute atomic E-state index is 0.199. The first-order valence-corrected chi connectivity index (χ1v) is 11.9. The fourth-order valence-electron chi connectivity index (χ4n) is 4.95. The molecule has 6 heteroatoms. The summed E-state index contributed by atoms with van der Waals surface area (Å²) in [6.45, 7) is 1.15. The molecular weight excluding hydrogens is 402 g/mol. The molecule has 0 radical (unpaired) electrons. The van der Waals surface area contributed by atoms with Gasteiger partial charge in [-0.3, -0.25) is 0 Å². The van der Waals surface area contributed by atoms with Crippen LogP contribution in [0.3, 0.4) is 0 Å². The van der Waals surface area contributed by atoms with E-state index in [9.17, 15) is 5.11 Å². The predicted octanol–water partition coefficient (Wildman–Crippen LogP) is 5.63. The predicted molar refractivity (Wildman–Crippen MR) is 121 cm³/mol.